The van der Waals surface area contributed by atoms with Crippen molar-refractivity contribution >= 4 is 0 Å². The van der Waals surface area contributed by atoms with E-state index in [1.54, 1.807) is 0 Å². The second-order valence-corrected chi connectivity index (χ2v) is 4.59. The van der Waals surface area contributed by atoms with E-state index in [1.165, 1.54) is 24.3 Å². The monoisotopic (exact) mass is 285 g/mol. The van der Waals surface area contributed by atoms with Crippen LogP contribution in [0.15, 0.2) is 24.3 Å². The Morgan fingerprint density at radius 1 is 1.25 bits per heavy atom. The molecule has 0 saturated carbocycles. The molecule has 2 N–H and O–H groups in total. The second-order valence-electron chi connectivity index (χ2n) is 4.59. The lowest BCUT2D eigenvalue weighted by Crippen LogP contribution is -2.33. The highest BCUT2D eigenvalue weighted by molar-refractivity contribution is 5.22. The fraction of sp³-hybridized carbons (Fsp3) is 0.600. The Bertz CT molecular complexity index is 345. The summed E-state index contributed by atoms with van der Waals surface area (Å²) >= 11 is 0. The first-order chi connectivity index (χ1) is 9.72. The van der Waals surface area contributed by atoms with Gasteiger partial charge >= 0.3 is 0 Å². The van der Waals surface area contributed by atoms with E-state index in [2.05, 4.69) is 12.2 Å². The molecule has 0 amide bonds. The van der Waals surface area contributed by atoms with Crippen LogP contribution in [-0.4, -0.2) is 44.1 Å². The fourth-order valence-electron chi connectivity index (χ4n) is 1.54. The first kappa shape index (κ1) is 16.9. The Morgan fingerprint density at radius 2 is 2.00 bits per heavy atom. The number of nitrogens with one attached hydrogen (secondary N) is 1. The van der Waals surface area contributed by atoms with Crippen molar-refractivity contribution in [3.05, 3.63) is 30.1 Å². The van der Waals surface area contributed by atoms with Crippen LogP contribution in [-0.2, 0) is 4.74 Å². The number of hydrogen-bond donors (Lipinski definition) is 2. The minimum Gasteiger partial charge on any atom is -0.491 e. The molecule has 1 atom stereocenters. The smallest absolute Gasteiger partial charge is 0.123 e. The topological polar surface area (TPSA) is 50.7 Å². The van der Waals surface area contributed by atoms with Gasteiger partial charge in [0.1, 0.15) is 24.3 Å². The second kappa shape index (κ2) is 10.6. The summed E-state index contributed by atoms with van der Waals surface area (Å²) in [4.78, 5) is 0. The van der Waals surface area contributed by atoms with Crippen LogP contribution in [0.25, 0.3) is 0 Å². The van der Waals surface area contributed by atoms with Gasteiger partial charge < -0.3 is 19.9 Å². The first-order valence-corrected chi connectivity index (χ1v) is 7.07. The third kappa shape index (κ3) is 8.09. The van der Waals surface area contributed by atoms with Gasteiger partial charge in [-0.25, -0.2) is 4.39 Å². The zero-order chi connectivity index (χ0) is 14.6. The fourth-order valence-corrected chi connectivity index (χ4v) is 1.54. The number of benzene rings is 1. The summed E-state index contributed by atoms with van der Waals surface area (Å²) in [6, 6.07) is 5.73. The van der Waals surface area contributed by atoms with Gasteiger partial charge in [-0.1, -0.05) is 13.3 Å². The molecule has 0 aliphatic rings. The van der Waals surface area contributed by atoms with E-state index in [1.807, 2.05) is 0 Å². The maximum Gasteiger partial charge on any atom is 0.123 e. The van der Waals surface area contributed by atoms with Gasteiger partial charge in [0.15, 0.2) is 0 Å². The normalized spacial score (nSPS) is 12.3. The summed E-state index contributed by atoms with van der Waals surface area (Å²) in [7, 11) is 0. The zero-order valence-corrected chi connectivity index (χ0v) is 12.0. The van der Waals surface area contributed by atoms with Crippen molar-refractivity contribution < 1.29 is 19.0 Å². The van der Waals surface area contributed by atoms with Crippen molar-refractivity contribution in [2.75, 3.05) is 32.9 Å². The predicted molar refractivity (Wildman–Crippen MR) is 76.5 cm³/mol. The quantitative estimate of drug-likeness (QED) is 0.610. The number of aliphatic hydroxyl groups is 1. The van der Waals surface area contributed by atoms with Crippen molar-refractivity contribution in [1.82, 2.24) is 5.32 Å². The molecule has 1 unspecified atom stereocenters. The molecule has 0 heterocycles. The van der Waals surface area contributed by atoms with Crippen LogP contribution in [0.4, 0.5) is 4.39 Å². The number of unbranched alkanes of at least 4 members (excludes halogenated alkanes) is 1. The molecule has 0 aliphatic carbocycles. The van der Waals surface area contributed by atoms with Gasteiger partial charge in [0.05, 0.1) is 6.61 Å². The molecule has 0 aromatic heterocycles. The SMILES string of the molecule is CCCCOCCNCC(O)COc1ccc(F)cc1. The minimum atomic E-state index is -0.601. The molecule has 1 rings (SSSR count). The molecule has 0 radical (unpaired) electrons. The summed E-state index contributed by atoms with van der Waals surface area (Å²) in [5.74, 6) is 0.246. The van der Waals surface area contributed by atoms with Gasteiger partial charge in [0.25, 0.3) is 0 Å². The Kier molecular flexibility index (Phi) is 8.95. The van der Waals surface area contributed by atoms with E-state index in [4.69, 9.17) is 9.47 Å². The van der Waals surface area contributed by atoms with Gasteiger partial charge in [-0.05, 0) is 30.7 Å². The van der Waals surface area contributed by atoms with Crippen molar-refractivity contribution in [3.8, 4) is 5.75 Å². The highest BCUT2D eigenvalue weighted by Gasteiger charge is 2.04. The molecule has 0 bridgehead atoms. The van der Waals surface area contributed by atoms with Crippen molar-refractivity contribution in [3.63, 3.8) is 0 Å². The maximum absolute atomic E-state index is 12.7. The molecule has 0 spiro atoms. The van der Waals surface area contributed by atoms with E-state index in [0.717, 1.165) is 19.4 Å². The lowest BCUT2D eigenvalue weighted by atomic mass is 10.3. The van der Waals surface area contributed by atoms with E-state index in [9.17, 15) is 9.50 Å². The third-order valence-corrected chi connectivity index (χ3v) is 2.70. The molecule has 1 aromatic rings. The van der Waals surface area contributed by atoms with E-state index in [0.29, 0.717) is 25.4 Å². The van der Waals surface area contributed by atoms with Crippen LogP contribution in [0, 0.1) is 5.82 Å². The van der Waals surface area contributed by atoms with Crippen molar-refractivity contribution in [2.24, 2.45) is 0 Å². The molecule has 0 aliphatic heterocycles. The van der Waals surface area contributed by atoms with Crippen LogP contribution >= 0.6 is 0 Å². The van der Waals surface area contributed by atoms with Crippen LogP contribution in [0.5, 0.6) is 5.75 Å². The van der Waals surface area contributed by atoms with Gasteiger partial charge in [-0.15, -0.1) is 0 Å². The van der Waals surface area contributed by atoms with Gasteiger partial charge in [-0.2, -0.15) is 0 Å². The molecule has 0 fully saturated rings. The largest absolute Gasteiger partial charge is 0.491 e. The summed E-state index contributed by atoms with van der Waals surface area (Å²) < 4.78 is 23.4. The number of aliphatic hydroxyl groups excluding tert-OH is 1. The first-order valence-electron chi connectivity index (χ1n) is 7.07. The van der Waals surface area contributed by atoms with E-state index >= 15 is 0 Å². The van der Waals surface area contributed by atoms with E-state index < -0.39 is 6.10 Å². The Labute approximate surface area is 119 Å². The molecule has 0 saturated heterocycles. The highest BCUT2D eigenvalue weighted by Crippen LogP contribution is 2.11. The van der Waals surface area contributed by atoms with Gasteiger partial charge in [-0.3, -0.25) is 0 Å². The summed E-state index contributed by atoms with van der Waals surface area (Å²) in [5, 5.41) is 12.8. The summed E-state index contributed by atoms with van der Waals surface area (Å²) in [6.07, 6.45) is 1.61. The predicted octanol–water partition coefficient (Wildman–Crippen LogP) is 1.97. The lowest BCUT2D eigenvalue weighted by molar-refractivity contribution is 0.0981. The van der Waals surface area contributed by atoms with Crippen molar-refractivity contribution in [1.29, 1.82) is 0 Å². The number of halogens is 1. The molecule has 114 valence electrons. The van der Waals surface area contributed by atoms with Crippen LogP contribution in [0.2, 0.25) is 0 Å². The minimum absolute atomic E-state index is 0.176. The Hall–Kier alpha value is -1.17. The molecular weight excluding hydrogens is 261 g/mol. The molecule has 5 heteroatoms. The number of rotatable bonds is 11. The van der Waals surface area contributed by atoms with Crippen LogP contribution in [0.1, 0.15) is 19.8 Å². The summed E-state index contributed by atoms with van der Waals surface area (Å²) in [6.45, 7) is 4.88. The zero-order valence-electron chi connectivity index (χ0n) is 12.0. The standard InChI is InChI=1S/C15H24FNO3/c1-2-3-9-19-10-8-17-11-14(18)12-20-15-6-4-13(16)5-7-15/h4-7,14,17-18H,2-3,8-12H2,1H3. The molecular formula is C15H24FNO3. The molecule has 20 heavy (non-hydrogen) atoms. The average molecular weight is 285 g/mol. The Morgan fingerprint density at radius 3 is 2.70 bits per heavy atom. The summed E-state index contributed by atoms with van der Waals surface area (Å²) in [5.41, 5.74) is 0. The maximum atomic E-state index is 12.7. The van der Waals surface area contributed by atoms with Crippen molar-refractivity contribution in [2.45, 2.75) is 25.9 Å². The van der Waals surface area contributed by atoms with Gasteiger partial charge in [0.2, 0.25) is 0 Å². The van der Waals surface area contributed by atoms with Crippen LogP contribution < -0.4 is 10.1 Å². The van der Waals surface area contributed by atoms with Crippen LogP contribution in [0.3, 0.4) is 0 Å². The number of ether oxygens (including phenoxy) is 2. The lowest BCUT2D eigenvalue weighted by Gasteiger charge is -2.13. The third-order valence-electron chi connectivity index (χ3n) is 2.70. The van der Waals surface area contributed by atoms with E-state index in [-0.39, 0.29) is 12.4 Å². The Balaban J connectivity index is 2.00. The number of hydrogen-bond acceptors (Lipinski definition) is 4. The molecule has 1 aromatic carbocycles. The molecule has 4 nitrogen and oxygen atoms in total. The van der Waals surface area contributed by atoms with Gasteiger partial charge in [0, 0.05) is 19.7 Å². The average Bonchev–Trinajstić information content (AvgIpc) is 2.46. The highest BCUT2D eigenvalue weighted by atomic mass is 19.1.